The summed E-state index contributed by atoms with van der Waals surface area (Å²) >= 11 is 1.38. The van der Waals surface area contributed by atoms with Crippen molar-refractivity contribution in [1.29, 1.82) is 0 Å². The first kappa shape index (κ1) is 19.8. The lowest BCUT2D eigenvalue weighted by molar-refractivity contribution is 0.391. The summed E-state index contributed by atoms with van der Waals surface area (Å²) in [4.78, 5) is 10.4. The fourth-order valence-electron chi connectivity index (χ4n) is 2.89. The Kier molecular flexibility index (Phi) is 5.62. The van der Waals surface area contributed by atoms with Crippen LogP contribution in [-0.4, -0.2) is 29.3 Å². The molecule has 0 radical (unpaired) electrons. The third-order valence-electron chi connectivity index (χ3n) is 4.40. The standard InChI is InChI=1S/C21H21N5O3S/c1-12-19(13(2)29-25-12)30-26-21-20(23-17-7-5-6-8-18(17)24-21)22-14-9-15(27-3)11-16(10-14)28-4/h5-11H,1-4H3,(H,22,23)(H,24,26). The van der Waals surface area contributed by atoms with Gasteiger partial charge in [0.1, 0.15) is 17.3 Å². The summed E-state index contributed by atoms with van der Waals surface area (Å²) in [5.74, 6) is 3.24. The number of aromatic nitrogens is 3. The smallest absolute Gasteiger partial charge is 0.180 e. The van der Waals surface area contributed by atoms with Crippen molar-refractivity contribution in [3.63, 3.8) is 0 Å². The normalized spacial score (nSPS) is 10.8. The fourth-order valence-corrected chi connectivity index (χ4v) is 3.60. The van der Waals surface area contributed by atoms with E-state index in [9.17, 15) is 0 Å². The molecule has 0 bridgehead atoms. The van der Waals surface area contributed by atoms with E-state index in [0.29, 0.717) is 23.1 Å². The molecule has 2 heterocycles. The summed E-state index contributed by atoms with van der Waals surface area (Å²) in [5.41, 5.74) is 3.14. The van der Waals surface area contributed by atoms with Crippen molar-refractivity contribution in [2.75, 3.05) is 24.3 Å². The Labute approximate surface area is 178 Å². The van der Waals surface area contributed by atoms with E-state index in [1.807, 2.05) is 56.3 Å². The van der Waals surface area contributed by atoms with Gasteiger partial charge in [-0.2, -0.15) is 0 Å². The second-order valence-electron chi connectivity index (χ2n) is 6.49. The third kappa shape index (κ3) is 4.11. The Morgan fingerprint density at radius 3 is 2.10 bits per heavy atom. The van der Waals surface area contributed by atoms with E-state index in [1.165, 1.54) is 11.9 Å². The second kappa shape index (κ2) is 8.50. The van der Waals surface area contributed by atoms with Crippen LogP contribution in [0.25, 0.3) is 11.0 Å². The van der Waals surface area contributed by atoms with Crippen molar-refractivity contribution in [2.45, 2.75) is 18.7 Å². The summed E-state index contributed by atoms with van der Waals surface area (Å²) in [6.07, 6.45) is 0. The van der Waals surface area contributed by atoms with Crippen molar-refractivity contribution in [2.24, 2.45) is 0 Å². The molecule has 0 saturated heterocycles. The Morgan fingerprint density at radius 1 is 0.900 bits per heavy atom. The van der Waals surface area contributed by atoms with Crippen molar-refractivity contribution in [3.8, 4) is 11.5 Å². The topological polar surface area (TPSA) is 94.3 Å². The molecule has 0 fully saturated rings. The van der Waals surface area contributed by atoms with Crippen LogP contribution in [0, 0.1) is 13.8 Å². The first-order valence-corrected chi connectivity index (χ1v) is 10.0. The average Bonchev–Trinajstić information content (AvgIpc) is 3.09. The Morgan fingerprint density at radius 2 is 1.53 bits per heavy atom. The molecule has 0 aliphatic carbocycles. The summed E-state index contributed by atoms with van der Waals surface area (Å²) in [6.45, 7) is 3.77. The van der Waals surface area contributed by atoms with E-state index in [0.717, 1.165) is 33.1 Å². The van der Waals surface area contributed by atoms with Crippen LogP contribution in [0.15, 0.2) is 51.9 Å². The van der Waals surface area contributed by atoms with Gasteiger partial charge in [0.25, 0.3) is 0 Å². The first-order chi connectivity index (χ1) is 14.6. The molecule has 4 rings (SSSR count). The minimum atomic E-state index is 0.572. The number of para-hydroxylation sites is 2. The van der Waals surface area contributed by atoms with Crippen molar-refractivity contribution >= 4 is 40.3 Å². The third-order valence-corrected chi connectivity index (χ3v) is 5.48. The molecule has 0 aliphatic rings. The van der Waals surface area contributed by atoms with Crippen molar-refractivity contribution in [1.82, 2.24) is 15.1 Å². The maximum Gasteiger partial charge on any atom is 0.180 e. The van der Waals surface area contributed by atoms with E-state index in [-0.39, 0.29) is 0 Å². The maximum atomic E-state index is 5.37. The number of rotatable bonds is 7. The van der Waals surface area contributed by atoms with Gasteiger partial charge in [-0.05, 0) is 37.9 Å². The summed E-state index contributed by atoms with van der Waals surface area (Å²) < 4.78 is 19.3. The zero-order valence-electron chi connectivity index (χ0n) is 17.0. The molecule has 0 atom stereocenters. The molecule has 2 aromatic heterocycles. The van der Waals surface area contributed by atoms with Gasteiger partial charge in [0, 0.05) is 23.9 Å². The summed E-state index contributed by atoms with van der Waals surface area (Å²) in [7, 11) is 3.23. The van der Waals surface area contributed by atoms with E-state index in [1.54, 1.807) is 14.2 Å². The van der Waals surface area contributed by atoms with Gasteiger partial charge in [0.2, 0.25) is 0 Å². The van der Waals surface area contributed by atoms with Gasteiger partial charge in [0.05, 0.1) is 35.8 Å². The molecule has 30 heavy (non-hydrogen) atoms. The molecule has 0 saturated carbocycles. The Balaban J connectivity index is 1.71. The van der Waals surface area contributed by atoms with Crippen LogP contribution >= 0.6 is 11.9 Å². The highest BCUT2D eigenvalue weighted by molar-refractivity contribution is 8.00. The molecule has 154 valence electrons. The molecule has 0 aliphatic heterocycles. The monoisotopic (exact) mass is 423 g/mol. The van der Waals surface area contributed by atoms with Gasteiger partial charge < -0.3 is 24.0 Å². The fraction of sp³-hybridized carbons (Fsp3) is 0.190. The maximum absolute atomic E-state index is 5.37. The van der Waals surface area contributed by atoms with Crippen LogP contribution in [0.5, 0.6) is 11.5 Å². The molecule has 4 aromatic rings. The predicted molar refractivity (Wildman–Crippen MR) is 118 cm³/mol. The molecule has 2 aromatic carbocycles. The van der Waals surface area contributed by atoms with Crippen LogP contribution in [-0.2, 0) is 0 Å². The van der Waals surface area contributed by atoms with Gasteiger partial charge in [0.15, 0.2) is 11.6 Å². The molecule has 0 unspecified atom stereocenters. The van der Waals surface area contributed by atoms with Gasteiger partial charge in [-0.3, -0.25) is 0 Å². The highest BCUT2D eigenvalue weighted by Crippen LogP contribution is 2.33. The van der Waals surface area contributed by atoms with E-state index < -0.39 is 0 Å². The lowest BCUT2D eigenvalue weighted by Gasteiger charge is -2.14. The quantitative estimate of drug-likeness (QED) is 0.393. The molecule has 2 N–H and O–H groups in total. The number of nitrogens with one attached hydrogen (secondary N) is 2. The minimum Gasteiger partial charge on any atom is -0.497 e. The number of ether oxygens (including phenoxy) is 2. The van der Waals surface area contributed by atoms with Crippen LogP contribution < -0.4 is 19.5 Å². The highest BCUT2D eigenvalue weighted by Gasteiger charge is 2.14. The van der Waals surface area contributed by atoms with Crippen LogP contribution in [0.1, 0.15) is 11.5 Å². The molecule has 0 spiro atoms. The second-order valence-corrected chi connectivity index (χ2v) is 7.31. The van der Waals surface area contributed by atoms with E-state index >= 15 is 0 Å². The van der Waals surface area contributed by atoms with Crippen molar-refractivity contribution < 1.29 is 14.0 Å². The minimum absolute atomic E-state index is 0.572. The van der Waals surface area contributed by atoms with E-state index in [4.69, 9.17) is 24.0 Å². The number of aryl methyl sites for hydroxylation is 2. The number of benzene rings is 2. The molecular weight excluding hydrogens is 402 g/mol. The number of methoxy groups -OCH3 is 2. The number of nitrogens with zero attached hydrogens (tertiary/aromatic N) is 3. The van der Waals surface area contributed by atoms with Gasteiger partial charge in [-0.1, -0.05) is 17.3 Å². The van der Waals surface area contributed by atoms with Gasteiger partial charge >= 0.3 is 0 Å². The summed E-state index contributed by atoms with van der Waals surface area (Å²) in [5, 5.41) is 7.32. The molecule has 0 amide bonds. The van der Waals surface area contributed by atoms with E-state index in [2.05, 4.69) is 15.2 Å². The predicted octanol–water partition coefficient (Wildman–Crippen LogP) is 5.11. The van der Waals surface area contributed by atoms with Crippen LogP contribution in [0.4, 0.5) is 17.3 Å². The zero-order chi connectivity index (χ0) is 21.1. The molecule has 9 heteroatoms. The Hall–Kier alpha value is -3.46. The van der Waals surface area contributed by atoms with Crippen LogP contribution in [0.2, 0.25) is 0 Å². The SMILES string of the molecule is COc1cc(Nc2nc3ccccc3nc2NSc2c(C)noc2C)cc(OC)c1. The molecule has 8 nitrogen and oxygen atoms in total. The number of hydrogen-bond acceptors (Lipinski definition) is 9. The average molecular weight is 423 g/mol. The largest absolute Gasteiger partial charge is 0.497 e. The lowest BCUT2D eigenvalue weighted by atomic mass is 10.2. The van der Waals surface area contributed by atoms with Gasteiger partial charge in [-0.15, -0.1) is 0 Å². The van der Waals surface area contributed by atoms with Crippen molar-refractivity contribution in [3.05, 3.63) is 53.9 Å². The zero-order valence-corrected chi connectivity index (χ0v) is 17.8. The lowest BCUT2D eigenvalue weighted by Crippen LogP contribution is -2.03. The number of anilines is 3. The van der Waals surface area contributed by atoms with Gasteiger partial charge in [-0.25, -0.2) is 9.97 Å². The number of hydrogen-bond donors (Lipinski definition) is 2. The highest BCUT2D eigenvalue weighted by atomic mass is 32.2. The first-order valence-electron chi connectivity index (χ1n) is 9.20. The van der Waals surface area contributed by atoms with Crippen LogP contribution in [0.3, 0.4) is 0 Å². The Bertz CT molecular complexity index is 1150. The summed E-state index contributed by atoms with van der Waals surface area (Å²) in [6, 6.07) is 13.2. The molecular formula is C21H21N5O3S. The number of fused-ring (bicyclic) bond motifs is 1.